The topological polar surface area (TPSA) is 87.4 Å². The van der Waals surface area contributed by atoms with Crippen molar-refractivity contribution in [1.82, 2.24) is 9.97 Å². The summed E-state index contributed by atoms with van der Waals surface area (Å²) in [6.07, 6.45) is 1.71. The van der Waals surface area contributed by atoms with Gasteiger partial charge in [0.2, 0.25) is 0 Å². The molecule has 0 fully saturated rings. The number of rotatable bonds is 4. The van der Waals surface area contributed by atoms with Crippen molar-refractivity contribution in [2.75, 3.05) is 14.2 Å². The minimum Gasteiger partial charge on any atom is -0.493 e. The van der Waals surface area contributed by atoms with Gasteiger partial charge in [0, 0.05) is 34.7 Å². The Hall–Kier alpha value is -3.74. The average Bonchev–Trinajstić information content (AvgIpc) is 2.72. The van der Waals surface area contributed by atoms with Crippen LogP contribution in [0.3, 0.4) is 0 Å². The van der Waals surface area contributed by atoms with E-state index in [1.165, 1.54) is 12.1 Å². The first-order valence-electron chi connectivity index (χ1n) is 8.17. The highest BCUT2D eigenvalue weighted by molar-refractivity contribution is 6.10. The number of fused-ring (bicyclic) bond motifs is 3. The Bertz CT molecular complexity index is 1170. The molecule has 0 aliphatic rings. The predicted octanol–water partition coefficient (Wildman–Crippen LogP) is 4.38. The Labute approximate surface area is 154 Å². The quantitative estimate of drug-likeness (QED) is 0.305. The van der Waals surface area contributed by atoms with E-state index in [9.17, 15) is 10.1 Å². The van der Waals surface area contributed by atoms with Gasteiger partial charge in [-0.05, 0) is 36.4 Å². The number of nitro groups is 1. The zero-order valence-corrected chi connectivity index (χ0v) is 14.7. The van der Waals surface area contributed by atoms with Crippen molar-refractivity contribution in [1.29, 1.82) is 0 Å². The molecule has 2 aromatic carbocycles. The lowest BCUT2D eigenvalue weighted by molar-refractivity contribution is -0.384. The van der Waals surface area contributed by atoms with Crippen LogP contribution in [0.5, 0.6) is 11.5 Å². The van der Waals surface area contributed by atoms with Gasteiger partial charge in [0.05, 0.1) is 35.9 Å². The summed E-state index contributed by atoms with van der Waals surface area (Å²) in [6, 6.07) is 13.8. The number of benzene rings is 2. The van der Waals surface area contributed by atoms with Crippen LogP contribution in [0.2, 0.25) is 0 Å². The minimum absolute atomic E-state index is 0.0322. The number of ether oxygens (including phenoxy) is 2. The summed E-state index contributed by atoms with van der Waals surface area (Å²) in [6.45, 7) is 0. The molecule has 7 nitrogen and oxygen atoms in total. The number of nitrogens with zero attached hydrogens (tertiary/aromatic N) is 3. The second kappa shape index (κ2) is 6.53. The molecule has 0 aliphatic heterocycles. The van der Waals surface area contributed by atoms with Gasteiger partial charge in [-0.2, -0.15) is 0 Å². The summed E-state index contributed by atoms with van der Waals surface area (Å²) in [7, 11) is 3.15. The number of aromatic nitrogens is 2. The number of methoxy groups -OCH3 is 2. The first-order valence-corrected chi connectivity index (χ1v) is 8.17. The van der Waals surface area contributed by atoms with Crippen LogP contribution in [-0.2, 0) is 0 Å². The van der Waals surface area contributed by atoms with E-state index in [0.717, 1.165) is 27.4 Å². The molecule has 27 heavy (non-hydrogen) atoms. The molecule has 0 aliphatic carbocycles. The van der Waals surface area contributed by atoms with Gasteiger partial charge in [0.1, 0.15) is 0 Å². The third-order valence-electron chi connectivity index (χ3n) is 4.40. The number of hydrogen-bond donors (Lipinski definition) is 0. The predicted molar refractivity (Wildman–Crippen MR) is 102 cm³/mol. The Morgan fingerprint density at radius 3 is 2.26 bits per heavy atom. The molecule has 4 rings (SSSR count). The largest absolute Gasteiger partial charge is 0.493 e. The number of pyridine rings is 2. The molecule has 0 unspecified atom stereocenters. The monoisotopic (exact) mass is 361 g/mol. The van der Waals surface area contributed by atoms with Crippen molar-refractivity contribution < 1.29 is 14.4 Å². The molecule has 4 aromatic rings. The molecule has 0 amide bonds. The molecular weight excluding hydrogens is 346 g/mol. The van der Waals surface area contributed by atoms with Crippen molar-refractivity contribution in [2.45, 2.75) is 0 Å². The third-order valence-corrected chi connectivity index (χ3v) is 4.40. The summed E-state index contributed by atoms with van der Waals surface area (Å²) in [5.74, 6) is 1.17. The van der Waals surface area contributed by atoms with E-state index >= 15 is 0 Å². The molecule has 2 aromatic heterocycles. The first kappa shape index (κ1) is 16.7. The lowest BCUT2D eigenvalue weighted by Gasteiger charge is -2.13. The van der Waals surface area contributed by atoms with Crippen molar-refractivity contribution in [3.63, 3.8) is 0 Å². The van der Waals surface area contributed by atoms with E-state index in [2.05, 4.69) is 4.98 Å². The van der Waals surface area contributed by atoms with Gasteiger partial charge in [-0.15, -0.1) is 0 Å². The second-order valence-corrected chi connectivity index (χ2v) is 5.89. The van der Waals surface area contributed by atoms with Crippen molar-refractivity contribution in [3.8, 4) is 22.8 Å². The molecule has 0 saturated heterocycles. The first-order chi connectivity index (χ1) is 13.1. The van der Waals surface area contributed by atoms with E-state index in [1.807, 2.05) is 24.3 Å². The van der Waals surface area contributed by atoms with Gasteiger partial charge < -0.3 is 9.47 Å². The van der Waals surface area contributed by atoms with Gasteiger partial charge in [-0.25, -0.2) is 4.98 Å². The molecule has 0 atom stereocenters. The maximum atomic E-state index is 10.9. The number of nitro benzene ring substituents is 1. The smallest absolute Gasteiger partial charge is 0.269 e. The van der Waals surface area contributed by atoms with Crippen molar-refractivity contribution >= 4 is 27.5 Å². The maximum absolute atomic E-state index is 10.9. The zero-order valence-electron chi connectivity index (χ0n) is 14.7. The molecule has 0 N–H and O–H groups in total. The van der Waals surface area contributed by atoms with Crippen LogP contribution >= 0.6 is 0 Å². The summed E-state index contributed by atoms with van der Waals surface area (Å²) in [4.78, 5) is 19.7. The Kier molecular flexibility index (Phi) is 4.04. The third kappa shape index (κ3) is 2.79. The van der Waals surface area contributed by atoms with Gasteiger partial charge >= 0.3 is 0 Å². The normalized spacial score (nSPS) is 10.9. The summed E-state index contributed by atoms with van der Waals surface area (Å²) < 4.78 is 10.9. The fourth-order valence-corrected chi connectivity index (χ4v) is 3.11. The van der Waals surface area contributed by atoms with Crippen LogP contribution in [0.15, 0.2) is 54.7 Å². The highest BCUT2D eigenvalue weighted by Gasteiger charge is 2.16. The van der Waals surface area contributed by atoms with E-state index in [0.29, 0.717) is 17.2 Å². The molecule has 0 radical (unpaired) electrons. The molecule has 0 spiro atoms. The fraction of sp³-hybridized carbons (Fsp3) is 0.100. The molecule has 0 saturated carbocycles. The summed E-state index contributed by atoms with van der Waals surface area (Å²) >= 11 is 0. The van der Waals surface area contributed by atoms with Crippen LogP contribution in [0.25, 0.3) is 33.1 Å². The summed E-state index contributed by atoms with van der Waals surface area (Å²) in [5.41, 5.74) is 2.97. The van der Waals surface area contributed by atoms with Crippen LogP contribution in [0.4, 0.5) is 5.69 Å². The molecule has 134 valence electrons. The van der Waals surface area contributed by atoms with Gasteiger partial charge in [0.25, 0.3) is 5.69 Å². The Morgan fingerprint density at radius 2 is 1.63 bits per heavy atom. The highest BCUT2D eigenvalue weighted by Crippen LogP contribution is 2.39. The van der Waals surface area contributed by atoms with E-state index in [-0.39, 0.29) is 5.69 Å². The van der Waals surface area contributed by atoms with Gasteiger partial charge in [-0.1, -0.05) is 0 Å². The molecule has 0 bridgehead atoms. The van der Waals surface area contributed by atoms with E-state index in [4.69, 9.17) is 14.5 Å². The van der Waals surface area contributed by atoms with Crippen LogP contribution < -0.4 is 9.47 Å². The lowest BCUT2D eigenvalue weighted by atomic mass is 10.0. The van der Waals surface area contributed by atoms with Crippen LogP contribution in [-0.4, -0.2) is 29.1 Å². The Morgan fingerprint density at radius 1 is 0.963 bits per heavy atom. The average molecular weight is 361 g/mol. The van der Waals surface area contributed by atoms with Crippen molar-refractivity contribution in [3.05, 3.63) is 64.8 Å². The van der Waals surface area contributed by atoms with E-state index < -0.39 is 4.92 Å². The minimum atomic E-state index is -0.423. The molecular formula is C20H15N3O4. The molecule has 7 heteroatoms. The summed E-state index contributed by atoms with van der Waals surface area (Å²) in [5, 5.41) is 12.6. The number of hydrogen-bond acceptors (Lipinski definition) is 6. The number of non-ortho nitro benzene ring substituents is 1. The van der Waals surface area contributed by atoms with Crippen LogP contribution in [0, 0.1) is 10.1 Å². The molecule has 2 heterocycles. The SMILES string of the molecule is COc1cc2c(-c3ccc([N+](=O)[O-])cc3)nc3cccnc3c2cc1OC. The van der Waals surface area contributed by atoms with E-state index in [1.54, 1.807) is 32.5 Å². The standard InChI is InChI=1S/C20H15N3O4/c1-26-17-10-14-15(11-18(17)27-2)20-16(4-3-9-21-20)22-19(14)12-5-7-13(8-6-12)23(24)25/h3-11H,1-2H3. The van der Waals surface area contributed by atoms with Crippen LogP contribution in [0.1, 0.15) is 0 Å². The highest BCUT2D eigenvalue weighted by atomic mass is 16.6. The fourth-order valence-electron chi connectivity index (χ4n) is 3.11. The zero-order chi connectivity index (χ0) is 19.0. The maximum Gasteiger partial charge on any atom is 0.269 e. The van der Waals surface area contributed by atoms with Gasteiger partial charge in [-0.3, -0.25) is 15.1 Å². The Balaban J connectivity index is 2.07. The second-order valence-electron chi connectivity index (χ2n) is 5.89. The van der Waals surface area contributed by atoms with Gasteiger partial charge in [0.15, 0.2) is 11.5 Å². The lowest BCUT2D eigenvalue weighted by Crippen LogP contribution is -1.95. The van der Waals surface area contributed by atoms with Crippen molar-refractivity contribution in [2.24, 2.45) is 0 Å².